The first-order valence-electron chi connectivity index (χ1n) is 12.4. The van der Waals surface area contributed by atoms with Gasteiger partial charge in [-0.25, -0.2) is 4.79 Å². The Kier molecular flexibility index (Phi) is 10.3. The van der Waals surface area contributed by atoms with Gasteiger partial charge in [-0.2, -0.15) is 0 Å². The van der Waals surface area contributed by atoms with E-state index in [1.165, 1.54) is 0 Å². The molecule has 8 atom stereocenters. The van der Waals surface area contributed by atoms with Crippen LogP contribution in [-0.4, -0.2) is 80.2 Å². The van der Waals surface area contributed by atoms with Crippen molar-refractivity contribution in [1.82, 2.24) is 4.90 Å². The molecule has 0 bridgehead atoms. The lowest BCUT2D eigenvalue weighted by atomic mass is 9.80. The molecule has 0 aromatic carbocycles. The van der Waals surface area contributed by atoms with Crippen LogP contribution >= 0.6 is 8.46 Å². The zero-order valence-electron chi connectivity index (χ0n) is 23.0. The number of methoxy groups -OCH3 is 1. The first-order chi connectivity index (χ1) is 16.2. The third-order valence-corrected chi connectivity index (χ3v) is 7.97. The van der Waals surface area contributed by atoms with Gasteiger partial charge in [-0.05, 0) is 60.2 Å². The quantitative estimate of drug-likeness (QED) is 0.325. The standard InChI is InChI=1S/C25H45N2O7P/c1-14(13-26)12-25(7,30-10)21(16(3)19-17(4)22(28)34-24(5,6)33-19)32-23-20(35-29)18(27(8)9)11-15(2)31-23/h14-16,18,20-21,23H,11-13,26H2,1-10H3/t14-,15?,16+,18?,20-,21-,23+,25-/m1/s1. The van der Waals surface area contributed by atoms with Gasteiger partial charge in [-0.15, -0.1) is 0 Å². The molecule has 202 valence electrons. The van der Waals surface area contributed by atoms with Crippen molar-refractivity contribution in [2.24, 2.45) is 17.6 Å². The molecular formula is C25H45N2O7P. The second-order valence-electron chi connectivity index (χ2n) is 11.0. The Morgan fingerprint density at radius 3 is 2.43 bits per heavy atom. The Hall–Kier alpha value is -1.09. The molecule has 9 nitrogen and oxygen atoms in total. The van der Waals surface area contributed by atoms with Gasteiger partial charge in [-0.1, -0.05) is 13.8 Å². The van der Waals surface area contributed by atoms with E-state index in [2.05, 4.69) is 11.8 Å². The molecular weight excluding hydrogens is 471 g/mol. The Morgan fingerprint density at radius 1 is 1.29 bits per heavy atom. The van der Waals surface area contributed by atoms with Crippen molar-refractivity contribution in [2.45, 2.75) is 103 Å². The summed E-state index contributed by atoms with van der Waals surface area (Å²) in [6, 6.07) is 0.0106. The summed E-state index contributed by atoms with van der Waals surface area (Å²) in [5.74, 6) is -1.30. The molecule has 2 heterocycles. The van der Waals surface area contributed by atoms with E-state index in [1.807, 2.05) is 34.9 Å². The lowest BCUT2D eigenvalue weighted by Crippen LogP contribution is -2.57. The molecule has 35 heavy (non-hydrogen) atoms. The van der Waals surface area contributed by atoms with E-state index in [1.54, 1.807) is 27.9 Å². The van der Waals surface area contributed by atoms with Crippen molar-refractivity contribution in [1.29, 1.82) is 0 Å². The topological polar surface area (TPSA) is 110 Å². The molecule has 2 aliphatic heterocycles. The van der Waals surface area contributed by atoms with Crippen LogP contribution in [0.5, 0.6) is 0 Å². The summed E-state index contributed by atoms with van der Waals surface area (Å²) in [7, 11) is 5.53. The number of rotatable bonds is 11. The fourth-order valence-corrected chi connectivity index (χ4v) is 5.90. The van der Waals surface area contributed by atoms with Crippen molar-refractivity contribution >= 4 is 14.4 Å². The van der Waals surface area contributed by atoms with E-state index in [9.17, 15) is 9.36 Å². The molecule has 1 saturated heterocycles. The average molecular weight is 517 g/mol. The minimum Gasteiger partial charge on any atom is -0.456 e. The molecule has 1 fully saturated rings. The van der Waals surface area contributed by atoms with E-state index in [-0.39, 0.29) is 26.5 Å². The predicted molar refractivity (Wildman–Crippen MR) is 134 cm³/mol. The summed E-state index contributed by atoms with van der Waals surface area (Å²) in [5.41, 5.74) is 5.15. The zero-order valence-corrected chi connectivity index (χ0v) is 23.9. The number of hydrogen-bond donors (Lipinski definition) is 1. The molecule has 0 amide bonds. The summed E-state index contributed by atoms with van der Waals surface area (Å²) in [6.07, 6.45) is -0.0835. The second-order valence-corrected chi connectivity index (χ2v) is 11.8. The van der Waals surface area contributed by atoms with Gasteiger partial charge in [0.05, 0.1) is 23.4 Å². The molecule has 2 aliphatic rings. The van der Waals surface area contributed by atoms with E-state index in [0.717, 1.165) is 6.42 Å². The van der Waals surface area contributed by atoms with Gasteiger partial charge in [0.2, 0.25) is 5.79 Å². The smallest absolute Gasteiger partial charge is 0.340 e. The highest BCUT2D eigenvalue weighted by Gasteiger charge is 2.49. The SMILES string of the molecule is CO[C@](C)(C[C@@H](C)CN)[C@H](O[C@@H]1OC(C)CC(N(C)C)[C@H]1P=O)[C@@H](C)C1=C(C)C(=O)OC(C)(C)O1. The summed E-state index contributed by atoms with van der Waals surface area (Å²) in [5, 5.41) is 0. The maximum Gasteiger partial charge on any atom is 0.340 e. The fraction of sp³-hybridized carbons (Fsp3) is 0.880. The first-order valence-corrected chi connectivity index (χ1v) is 13.3. The van der Waals surface area contributed by atoms with Crippen molar-refractivity contribution < 1.29 is 33.0 Å². The van der Waals surface area contributed by atoms with Crippen LogP contribution in [-0.2, 0) is 33.0 Å². The summed E-state index contributed by atoms with van der Waals surface area (Å²) >= 11 is 0. The van der Waals surface area contributed by atoms with Crippen LogP contribution in [0.4, 0.5) is 0 Å². The van der Waals surface area contributed by atoms with Gasteiger partial charge < -0.3 is 34.3 Å². The molecule has 2 unspecified atom stereocenters. The number of nitrogens with zero attached hydrogens (tertiary/aromatic N) is 1. The van der Waals surface area contributed by atoms with Gasteiger partial charge in [0.25, 0.3) is 0 Å². The number of esters is 1. The number of cyclic esters (lactones) is 1. The maximum absolute atomic E-state index is 12.6. The molecule has 2 N–H and O–H groups in total. The Bertz CT molecular complexity index is 790. The van der Waals surface area contributed by atoms with E-state index < -0.39 is 41.3 Å². The second kappa shape index (κ2) is 12.0. The highest BCUT2D eigenvalue weighted by molar-refractivity contribution is 7.24. The number of ether oxygens (including phenoxy) is 5. The van der Waals surface area contributed by atoms with Crippen molar-refractivity contribution in [3.05, 3.63) is 11.3 Å². The Labute approximate surface area is 212 Å². The van der Waals surface area contributed by atoms with Gasteiger partial charge >= 0.3 is 5.97 Å². The van der Waals surface area contributed by atoms with Crippen LogP contribution in [0.25, 0.3) is 0 Å². The summed E-state index contributed by atoms with van der Waals surface area (Å²) in [6.45, 7) is 13.5. The lowest BCUT2D eigenvalue weighted by Gasteiger charge is -2.47. The number of carbonyl (C=O) groups is 1. The molecule has 10 heteroatoms. The highest BCUT2D eigenvalue weighted by atomic mass is 31.1. The number of hydrogen-bond acceptors (Lipinski definition) is 9. The van der Waals surface area contributed by atoms with Crippen molar-refractivity contribution in [3.8, 4) is 0 Å². The average Bonchev–Trinajstić information content (AvgIpc) is 2.78. The lowest BCUT2D eigenvalue weighted by molar-refractivity contribution is -0.266. The normalized spacial score (nSPS) is 31.5. The predicted octanol–water partition coefficient (Wildman–Crippen LogP) is 3.71. The maximum atomic E-state index is 12.6. The van der Waals surface area contributed by atoms with Gasteiger partial charge in [-0.3, -0.25) is 4.57 Å². The minimum absolute atomic E-state index is 0.0106. The van der Waals surface area contributed by atoms with E-state index in [4.69, 9.17) is 29.4 Å². The molecule has 0 aromatic rings. The number of carbonyl (C=O) groups excluding carboxylic acids is 1. The summed E-state index contributed by atoms with van der Waals surface area (Å²) in [4.78, 5) is 14.7. The van der Waals surface area contributed by atoms with Gasteiger partial charge in [0.1, 0.15) is 11.4 Å². The minimum atomic E-state index is -1.11. The van der Waals surface area contributed by atoms with Crippen LogP contribution < -0.4 is 5.73 Å². The van der Waals surface area contributed by atoms with Crippen LogP contribution in [0.1, 0.15) is 61.3 Å². The largest absolute Gasteiger partial charge is 0.456 e. The Morgan fingerprint density at radius 2 is 1.91 bits per heavy atom. The molecule has 0 aliphatic carbocycles. The number of nitrogens with two attached hydrogens (primary N) is 1. The third-order valence-electron chi connectivity index (χ3n) is 7.14. The van der Waals surface area contributed by atoms with Gasteiger partial charge in [0.15, 0.2) is 14.8 Å². The highest BCUT2D eigenvalue weighted by Crippen LogP contribution is 2.41. The van der Waals surface area contributed by atoms with E-state index >= 15 is 0 Å². The first kappa shape index (κ1) is 30.1. The monoisotopic (exact) mass is 516 g/mol. The van der Waals surface area contributed by atoms with Crippen LogP contribution in [0.15, 0.2) is 11.3 Å². The Balaban J connectivity index is 2.54. The fourth-order valence-electron chi connectivity index (χ4n) is 5.14. The summed E-state index contributed by atoms with van der Waals surface area (Å²) < 4.78 is 42.9. The molecule has 0 aromatic heterocycles. The van der Waals surface area contributed by atoms with E-state index in [0.29, 0.717) is 24.3 Å². The molecule has 0 saturated carbocycles. The molecule has 2 rings (SSSR count). The third kappa shape index (κ3) is 7.02. The van der Waals surface area contributed by atoms with Gasteiger partial charge in [0, 0.05) is 32.9 Å². The van der Waals surface area contributed by atoms with Crippen molar-refractivity contribution in [3.63, 3.8) is 0 Å². The van der Waals surface area contributed by atoms with Crippen LogP contribution in [0, 0.1) is 11.8 Å². The van der Waals surface area contributed by atoms with Crippen LogP contribution in [0.3, 0.4) is 0 Å². The molecule has 0 radical (unpaired) electrons. The molecule has 0 spiro atoms. The zero-order chi connectivity index (χ0) is 26.7. The van der Waals surface area contributed by atoms with Crippen LogP contribution in [0.2, 0.25) is 0 Å². The van der Waals surface area contributed by atoms with Crippen molar-refractivity contribution in [2.75, 3.05) is 27.7 Å².